The molecule has 1 unspecified atom stereocenters. The van der Waals surface area contributed by atoms with Crippen LogP contribution in [0.2, 0.25) is 0 Å². The van der Waals surface area contributed by atoms with Gasteiger partial charge in [-0.2, -0.15) is 0 Å². The molecular weight excluding hydrogens is 222 g/mol. The molecule has 1 N–H and O–H groups in total. The molecule has 2 rings (SSSR count). The molecule has 1 aromatic rings. The van der Waals surface area contributed by atoms with E-state index in [1.807, 2.05) is 6.07 Å². The lowest BCUT2D eigenvalue weighted by molar-refractivity contribution is 0.247. The summed E-state index contributed by atoms with van der Waals surface area (Å²) in [5, 5.41) is 3.54. The molecule has 0 fully saturated rings. The van der Waals surface area contributed by atoms with Crippen LogP contribution in [-0.4, -0.2) is 19.2 Å². The van der Waals surface area contributed by atoms with Crippen LogP contribution in [0.15, 0.2) is 24.3 Å². The number of benzene rings is 1. The van der Waals surface area contributed by atoms with Gasteiger partial charge < -0.3 is 10.1 Å². The zero-order chi connectivity index (χ0) is 13.2. The van der Waals surface area contributed by atoms with Gasteiger partial charge >= 0.3 is 0 Å². The van der Waals surface area contributed by atoms with E-state index in [4.69, 9.17) is 4.74 Å². The number of para-hydroxylation sites is 1. The van der Waals surface area contributed by atoms with Crippen LogP contribution in [0.3, 0.4) is 0 Å². The van der Waals surface area contributed by atoms with Crippen molar-refractivity contribution in [2.24, 2.45) is 5.41 Å². The summed E-state index contributed by atoms with van der Waals surface area (Å²) in [6.45, 7) is 11.0. The number of ether oxygens (including phenoxy) is 1. The van der Waals surface area contributed by atoms with Crippen molar-refractivity contribution in [2.45, 2.75) is 46.1 Å². The van der Waals surface area contributed by atoms with E-state index < -0.39 is 0 Å². The first-order valence-corrected chi connectivity index (χ1v) is 6.93. The van der Waals surface area contributed by atoms with E-state index in [1.165, 1.54) is 12.0 Å². The topological polar surface area (TPSA) is 21.3 Å². The normalized spacial score (nSPS) is 18.8. The number of hydrogen-bond acceptors (Lipinski definition) is 2. The van der Waals surface area contributed by atoms with Crippen molar-refractivity contribution < 1.29 is 4.74 Å². The Hall–Kier alpha value is -1.02. The van der Waals surface area contributed by atoms with Gasteiger partial charge in [-0.1, -0.05) is 45.9 Å². The third-order valence-electron chi connectivity index (χ3n) is 3.59. The maximum atomic E-state index is 5.76. The fourth-order valence-electron chi connectivity index (χ4n) is 2.62. The van der Waals surface area contributed by atoms with Gasteiger partial charge in [-0.3, -0.25) is 0 Å². The molecule has 0 radical (unpaired) electrons. The standard InChI is InChI=1S/C16H25NO/c1-12(2)17-11-16(3,4)9-13-10-18-15-8-6-5-7-14(13)15/h5-8,12-13,17H,9-11H2,1-4H3. The van der Waals surface area contributed by atoms with Gasteiger partial charge in [0, 0.05) is 24.1 Å². The third kappa shape index (κ3) is 3.26. The van der Waals surface area contributed by atoms with Crippen molar-refractivity contribution in [1.82, 2.24) is 5.32 Å². The maximum absolute atomic E-state index is 5.76. The number of hydrogen-bond donors (Lipinski definition) is 1. The second kappa shape index (κ2) is 5.31. The van der Waals surface area contributed by atoms with Crippen molar-refractivity contribution in [3.8, 4) is 5.75 Å². The summed E-state index contributed by atoms with van der Waals surface area (Å²) < 4.78 is 5.76. The minimum Gasteiger partial charge on any atom is -0.493 e. The van der Waals surface area contributed by atoms with E-state index in [2.05, 4.69) is 51.2 Å². The molecule has 1 aromatic carbocycles. The molecule has 0 bridgehead atoms. The highest BCUT2D eigenvalue weighted by molar-refractivity contribution is 5.39. The van der Waals surface area contributed by atoms with E-state index in [0.29, 0.717) is 17.4 Å². The van der Waals surface area contributed by atoms with Crippen LogP contribution in [0.5, 0.6) is 5.75 Å². The van der Waals surface area contributed by atoms with Gasteiger partial charge in [-0.25, -0.2) is 0 Å². The van der Waals surface area contributed by atoms with Crippen molar-refractivity contribution in [2.75, 3.05) is 13.2 Å². The highest BCUT2D eigenvalue weighted by atomic mass is 16.5. The lowest BCUT2D eigenvalue weighted by Crippen LogP contribution is -2.35. The molecular formula is C16H25NO. The SMILES string of the molecule is CC(C)NCC(C)(C)CC1COc2ccccc21. The lowest BCUT2D eigenvalue weighted by Gasteiger charge is -2.29. The molecule has 18 heavy (non-hydrogen) atoms. The minimum absolute atomic E-state index is 0.301. The van der Waals surface area contributed by atoms with Crippen LogP contribution < -0.4 is 10.1 Å². The highest BCUT2D eigenvalue weighted by Gasteiger charge is 2.30. The molecule has 1 aliphatic rings. The predicted octanol–water partition coefficient (Wildman–Crippen LogP) is 3.58. The number of fused-ring (bicyclic) bond motifs is 1. The van der Waals surface area contributed by atoms with Crippen LogP contribution in [0.25, 0.3) is 0 Å². The molecule has 2 nitrogen and oxygen atoms in total. The summed E-state index contributed by atoms with van der Waals surface area (Å²) in [6, 6.07) is 9.00. The Morgan fingerprint density at radius 2 is 2.06 bits per heavy atom. The van der Waals surface area contributed by atoms with Gasteiger partial charge in [0.15, 0.2) is 0 Å². The average molecular weight is 247 g/mol. The first kappa shape index (κ1) is 13.4. The fraction of sp³-hybridized carbons (Fsp3) is 0.625. The maximum Gasteiger partial charge on any atom is 0.122 e. The molecule has 0 saturated heterocycles. The van der Waals surface area contributed by atoms with Crippen LogP contribution in [0.1, 0.15) is 45.6 Å². The Kier molecular flexibility index (Phi) is 3.96. The number of nitrogens with one attached hydrogen (secondary N) is 1. The summed E-state index contributed by atoms with van der Waals surface area (Å²) in [7, 11) is 0. The van der Waals surface area contributed by atoms with Crippen LogP contribution in [0, 0.1) is 5.41 Å². The first-order chi connectivity index (χ1) is 8.48. The largest absolute Gasteiger partial charge is 0.493 e. The van der Waals surface area contributed by atoms with Crippen LogP contribution in [-0.2, 0) is 0 Å². The molecule has 0 amide bonds. The van der Waals surface area contributed by atoms with E-state index in [-0.39, 0.29) is 0 Å². The lowest BCUT2D eigenvalue weighted by atomic mass is 9.80. The Bertz CT molecular complexity index is 398. The van der Waals surface area contributed by atoms with Gasteiger partial charge in [-0.05, 0) is 17.9 Å². The second-order valence-corrected chi connectivity index (χ2v) is 6.45. The van der Waals surface area contributed by atoms with Gasteiger partial charge in [0.25, 0.3) is 0 Å². The highest BCUT2D eigenvalue weighted by Crippen LogP contribution is 2.40. The van der Waals surface area contributed by atoms with E-state index >= 15 is 0 Å². The van der Waals surface area contributed by atoms with E-state index in [1.54, 1.807) is 0 Å². The Balaban J connectivity index is 1.98. The van der Waals surface area contributed by atoms with Gasteiger partial charge in [0.05, 0.1) is 6.61 Å². The summed E-state index contributed by atoms with van der Waals surface area (Å²) in [5.74, 6) is 1.63. The quantitative estimate of drug-likeness (QED) is 0.858. The molecule has 1 aliphatic heterocycles. The fourth-order valence-corrected chi connectivity index (χ4v) is 2.62. The van der Waals surface area contributed by atoms with Crippen molar-refractivity contribution in [3.63, 3.8) is 0 Å². The first-order valence-electron chi connectivity index (χ1n) is 6.93. The second-order valence-electron chi connectivity index (χ2n) is 6.45. The zero-order valence-electron chi connectivity index (χ0n) is 12.0. The molecule has 0 aromatic heterocycles. The van der Waals surface area contributed by atoms with Crippen molar-refractivity contribution in [1.29, 1.82) is 0 Å². The van der Waals surface area contributed by atoms with E-state index in [0.717, 1.165) is 18.9 Å². The predicted molar refractivity (Wildman–Crippen MR) is 76.2 cm³/mol. The molecule has 0 saturated carbocycles. The van der Waals surface area contributed by atoms with Crippen LogP contribution >= 0.6 is 0 Å². The number of rotatable bonds is 5. The van der Waals surface area contributed by atoms with Crippen molar-refractivity contribution >= 4 is 0 Å². The smallest absolute Gasteiger partial charge is 0.122 e. The average Bonchev–Trinajstić information content (AvgIpc) is 2.70. The van der Waals surface area contributed by atoms with Crippen molar-refractivity contribution in [3.05, 3.63) is 29.8 Å². The molecule has 0 aliphatic carbocycles. The summed E-state index contributed by atoms with van der Waals surface area (Å²) >= 11 is 0. The molecule has 1 heterocycles. The Morgan fingerprint density at radius 3 is 2.78 bits per heavy atom. The molecule has 2 heteroatoms. The zero-order valence-corrected chi connectivity index (χ0v) is 12.0. The molecule has 1 atom stereocenters. The summed E-state index contributed by atoms with van der Waals surface area (Å²) in [4.78, 5) is 0. The van der Waals surface area contributed by atoms with Gasteiger partial charge in [0.1, 0.15) is 5.75 Å². The van der Waals surface area contributed by atoms with Gasteiger partial charge in [0.2, 0.25) is 0 Å². The third-order valence-corrected chi connectivity index (χ3v) is 3.59. The summed E-state index contributed by atoms with van der Waals surface area (Å²) in [6.07, 6.45) is 1.17. The molecule has 0 spiro atoms. The minimum atomic E-state index is 0.301. The Morgan fingerprint density at radius 1 is 1.33 bits per heavy atom. The van der Waals surface area contributed by atoms with E-state index in [9.17, 15) is 0 Å². The van der Waals surface area contributed by atoms with Crippen LogP contribution in [0.4, 0.5) is 0 Å². The summed E-state index contributed by atoms with van der Waals surface area (Å²) in [5.41, 5.74) is 1.69. The Labute approximate surface area is 111 Å². The van der Waals surface area contributed by atoms with Gasteiger partial charge in [-0.15, -0.1) is 0 Å². The monoisotopic (exact) mass is 247 g/mol. The molecule has 100 valence electrons.